The van der Waals surface area contributed by atoms with E-state index in [9.17, 15) is 4.79 Å². The van der Waals surface area contributed by atoms with Crippen molar-refractivity contribution in [1.29, 1.82) is 0 Å². The summed E-state index contributed by atoms with van der Waals surface area (Å²) in [6.45, 7) is 4.30. The fourth-order valence-electron chi connectivity index (χ4n) is 1.87. The first-order chi connectivity index (χ1) is 9.65. The summed E-state index contributed by atoms with van der Waals surface area (Å²) in [6, 6.07) is 17.7. The van der Waals surface area contributed by atoms with Gasteiger partial charge in [0.1, 0.15) is 0 Å². The number of benzene rings is 2. The zero-order valence-corrected chi connectivity index (χ0v) is 11.8. The van der Waals surface area contributed by atoms with Crippen molar-refractivity contribution < 1.29 is 4.79 Å². The van der Waals surface area contributed by atoms with Crippen molar-refractivity contribution in [2.45, 2.75) is 19.8 Å². The number of rotatable bonds is 4. The molecular weight excluding hydrogens is 246 g/mol. The van der Waals surface area contributed by atoms with Gasteiger partial charge in [0.05, 0.1) is 0 Å². The normalized spacial score (nSPS) is 10.9. The summed E-state index contributed by atoms with van der Waals surface area (Å²) < 4.78 is 0. The van der Waals surface area contributed by atoms with Gasteiger partial charge in [-0.05, 0) is 35.3 Å². The Morgan fingerprint density at radius 1 is 1.00 bits per heavy atom. The predicted octanol–water partition coefficient (Wildman–Crippen LogP) is 4.46. The Balaban J connectivity index is 1.96. The van der Waals surface area contributed by atoms with Gasteiger partial charge < -0.3 is 5.32 Å². The third-order valence-corrected chi connectivity index (χ3v) is 3.07. The van der Waals surface area contributed by atoms with Crippen molar-refractivity contribution in [3.63, 3.8) is 0 Å². The Morgan fingerprint density at radius 3 is 2.25 bits per heavy atom. The molecule has 102 valence electrons. The second-order valence-corrected chi connectivity index (χ2v) is 5.01. The maximum absolute atomic E-state index is 11.8. The molecule has 0 radical (unpaired) electrons. The molecule has 0 saturated carbocycles. The van der Waals surface area contributed by atoms with Crippen LogP contribution < -0.4 is 5.32 Å². The third-order valence-electron chi connectivity index (χ3n) is 3.07. The molecule has 0 saturated heterocycles. The Morgan fingerprint density at radius 2 is 1.65 bits per heavy atom. The summed E-state index contributed by atoms with van der Waals surface area (Å²) in [7, 11) is 0. The van der Waals surface area contributed by atoms with E-state index >= 15 is 0 Å². The number of nitrogens with one attached hydrogen (secondary N) is 1. The Bertz CT molecular complexity index is 583. The minimum atomic E-state index is -0.119. The van der Waals surface area contributed by atoms with Crippen molar-refractivity contribution in [3.8, 4) is 0 Å². The summed E-state index contributed by atoms with van der Waals surface area (Å²) in [5.41, 5.74) is 3.10. The van der Waals surface area contributed by atoms with E-state index in [0.717, 1.165) is 11.3 Å². The van der Waals surface area contributed by atoms with Crippen LogP contribution in [0.25, 0.3) is 6.08 Å². The first kappa shape index (κ1) is 14.1. The van der Waals surface area contributed by atoms with E-state index in [4.69, 9.17) is 0 Å². The van der Waals surface area contributed by atoms with Crippen LogP contribution in [0.5, 0.6) is 0 Å². The molecular formula is C18H19NO. The molecule has 2 aromatic rings. The Kier molecular flexibility index (Phi) is 4.72. The van der Waals surface area contributed by atoms with Crippen molar-refractivity contribution in [3.05, 3.63) is 71.8 Å². The van der Waals surface area contributed by atoms with E-state index in [1.807, 2.05) is 54.6 Å². The van der Waals surface area contributed by atoms with E-state index in [2.05, 4.69) is 19.2 Å². The SMILES string of the molecule is CC(C)c1ccc(NC(=O)/C=C/c2ccccc2)cc1. The molecule has 0 fully saturated rings. The van der Waals surface area contributed by atoms with Gasteiger partial charge in [-0.1, -0.05) is 56.3 Å². The van der Waals surface area contributed by atoms with E-state index in [1.54, 1.807) is 12.2 Å². The van der Waals surface area contributed by atoms with Crippen LogP contribution >= 0.6 is 0 Å². The van der Waals surface area contributed by atoms with Gasteiger partial charge in [-0.2, -0.15) is 0 Å². The highest BCUT2D eigenvalue weighted by Gasteiger charge is 2.00. The summed E-state index contributed by atoms with van der Waals surface area (Å²) >= 11 is 0. The summed E-state index contributed by atoms with van der Waals surface area (Å²) in [5, 5.41) is 2.85. The van der Waals surface area contributed by atoms with Crippen LogP contribution in [0.1, 0.15) is 30.9 Å². The average Bonchev–Trinajstić information content (AvgIpc) is 2.47. The number of carbonyl (C=O) groups excluding carboxylic acids is 1. The fourth-order valence-corrected chi connectivity index (χ4v) is 1.87. The highest BCUT2D eigenvalue weighted by molar-refractivity contribution is 6.01. The van der Waals surface area contributed by atoms with Crippen molar-refractivity contribution in [2.24, 2.45) is 0 Å². The van der Waals surface area contributed by atoms with Crippen LogP contribution in [0.2, 0.25) is 0 Å². The van der Waals surface area contributed by atoms with Crippen LogP contribution in [0, 0.1) is 0 Å². The Hall–Kier alpha value is -2.35. The summed E-state index contributed by atoms with van der Waals surface area (Å²) in [4.78, 5) is 11.8. The van der Waals surface area contributed by atoms with Crippen LogP contribution in [0.3, 0.4) is 0 Å². The standard InChI is InChI=1S/C18H19NO/c1-14(2)16-9-11-17(12-10-16)19-18(20)13-8-15-6-4-3-5-7-15/h3-14H,1-2H3,(H,19,20)/b13-8+. The lowest BCUT2D eigenvalue weighted by atomic mass is 10.0. The zero-order valence-electron chi connectivity index (χ0n) is 11.8. The first-order valence-corrected chi connectivity index (χ1v) is 6.79. The molecule has 0 bridgehead atoms. The molecule has 2 rings (SSSR count). The minimum absolute atomic E-state index is 0.119. The maximum atomic E-state index is 11.8. The Labute approximate surface area is 120 Å². The lowest BCUT2D eigenvalue weighted by Crippen LogP contribution is -2.07. The predicted molar refractivity (Wildman–Crippen MR) is 84.6 cm³/mol. The third kappa shape index (κ3) is 4.09. The van der Waals surface area contributed by atoms with Gasteiger partial charge in [0.25, 0.3) is 0 Å². The second kappa shape index (κ2) is 6.71. The fraction of sp³-hybridized carbons (Fsp3) is 0.167. The molecule has 1 N–H and O–H groups in total. The summed E-state index contributed by atoms with van der Waals surface area (Å²) in [5.74, 6) is 0.379. The molecule has 1 amide bonds. The van der Waals surface area contributed by atoms with Gasteiger partial charge in [0.15, 0.2) is 0 Å². The molecule has 0 atom stereocenters. The van der Waals surface area contributed by atoms with Crippen LogP contribution in [0.4, 0.5) is 5.69 Å². The average molecular weight is 265 g/mol. The quantitative estimate of drug-likeness (QED) is 0.812. The first-order valence-electron chi connectivity index (χ1n) is 6.79. The molecule has 2 nitrogen and oxygen atoms in total. The van der Waals surface area contributed by atoms with E-state index in [1.165, 1.54) is 5.56 Å². The number of carbonyl (C=O) groups is 1. The van der Waals surface area contributed by atoms with Crippen LogP contribution in [0.15, 0.2) is 60.7 Å². The highest BCUT2D eigenvalue weighted by Crippen LogP contribution is 2.17. The van der Waals surface area contributed by atoms with Gasteiger partial charge in [0.2, 0.25) is 5.91 Å². The zero-order chi connectivity index (χ0) is 14.4. The van der Waals surface area contributed by atoms with Gasteiger partial charge in [-0.25, -0.2) is 0 Å². The molecule has 20 heavy (non-hydrogen) atoms. The monoisotopic (exact) mass is 265 g/mol. The molecule has 0 aliphatic carbocycles. The molecule has 0 aromatic heterocycles. The molecule has 0 aliphatic heterocycles. The maximum Gasteiger partial charge on any atom is 0.248 e. The molecule has 0 spiro atoms. The van der Waals surface area contributed by atoms with Gasteiger partial charge in [-0.3, -0.25) is 4.79 Å². The van der Waals surface area contributed by atoms with Crippen LogP contribution in [-0.2, 0) is 4.79 Å². The number of amides is 1. The summed E-state index contributed by atoms with van der Waals surface area (Å²) in [6.07, 6.45) is 3.35. The minimum Gasteiger partial charge on any atom is -0.323 e. The lowest BCUT2D eigenvalue weighted by molar-refractivity contribution is -0.111. The van der Waals surface area contributed by atoms with Gasteiger partial charge in [0, 0.05) is 11.8 Å². The molecule has 0 unspecified atom stereocenters. The van der Waals surface area contributed by atoms with Crippen molar-refractivity contribution in [1.82, 2.24) is 0 Å². The molecule has 2 aromatic carbocycles. The molecule has 0 aliphatic rings. The van der Waals surface area contributed by atoms with E-state index < -0.39 is 0 Å². The van der Waals surface area contributed by atoms with Crippen molar-refractivity contribution >= 4 is 17.7 Å². The highest BCUT2D eigenvalue weighted by atomic mass is 16.1. The number of hydrogen-bond acceptors (Lipinski definition) is 1. The topological polar surface area (TPSA) is 29.1 Å². The largest absolute Gasteiger partial charge is 0.323 e. The van der Waals surface area contributed by atoms with E-state index in [0.29, 0.717) is 5.92 Å². The smallest absolute Gasteiger partial charge is 0.248 e. The van der Waals surface area contributed by atoms with E-state index in [-0.39, 0.29) is 5.91 Å². The lowest BCUT2D eigenvalue weighted by Gasteiger charge is -2.07. The number of hydrogen-bond donors (Lipinski definition) is 1. The molecule has 2 heteroatoms. The van der Waals surface area contributed by atoms with Crippen molar-refractivity contribution in [2.75, 3.05) is 5.32 Å². The van der Waals surface area contributed by atoms with Gasteiger partial charge >= 0.3 is 0 Å². The number of anilines is 1. The van der Waals surface area contributed by atoms with Gasteiger partial charge in [-0.15, -0.1) is 0 Å². The molecule has 0 heterocycles. The second-order valence-electron chi connectivity index (χ2n) is 5.01. The van der Waals surface area contributed by atoms with Crippen LogP contribution in [-0.4, -0.2) is 5.91 Å².